The molecule has 0 fully saturated rings. The molecule has 0 bridgehead atoms. The van der Waals surface area contributed by atoms with Gasteiger partial charge >= 0.3 is 0 Å². The number of ether oxygens (including phenoxy) is 1. The second kappa shape index (κ2) is 7.65. The number of hydrogen-bond donors (Lipinski definition) is 1. The first kappa shape index (κ1) is 14.5. The minimum atomic E-state index is -0.0109. The van der Waals surface area contributed by atoms with E-state index in [0.717, 1.165) is 37.2 Å². The average molecular weight is 270 g/mol. The fourth-order valence-electron chi connectivity index (χ4n) is 2.15. The number of nitrogens with two attached hydrogens (primary N) is 1. The van der Waals surface area contributed by atoms with E-state index in [-0.39, 0.29) is 6.04 Å². The molecule has 2 N–H and O–H groups in total. The maximum Gasteiger partial charge on any atom is 0.124 e. The van der Waals surface area contributed by atoms with Crippen molar-refractivity contribution in [2.45, 2.75) is 32.2 Å². The molecule has 0 spiro atoms. The van der Waals surface area contributed by atoms with Crippen molar-refractivity contribution in [1.82, 2.24) is 4.98 Å². The Bertz CT molecular complexity index is 513. The van der Waals surface area contributed by atoms with Crippen molar-refractivity contribution in [3.8, 4) is 5.75 Å². The summed E-state index contributed by atoms with van der Waals surface area (Å²) in [5.41, 5.74) is 8.62. The molecular weight excluding hydrogens is 248 g/mol. The lowest BCUT2D eigenvalue weighted by Gasteiger charge is -2.16. The smallest absolute Gasteiger partial charge is 0.124 e. The summed E-state index contributed by atoms with van der Waals surface area (Å²) in [5.74, 6) is 0.910. The van der Waals surface area contributed by atoms with Crippen LogP contribution < -0.4 is 10.5 Å². The fourth-order valence-corrected chi connectivity index (χ4v) is 2.15. The van der Waals surface area contributed by atoms with Crippen molar-refractivity contribution >= 4 is 0 Å². The molecule has 2 aromatic rings. The number of nitrogens with zero attached hydrogens (tertiary/aromatic N) is 1. The van der Waals surface area contributed by atoms with Crippen LogP contribution in [0.1, 0.15) is 36.9 Å². The Morgan fingerprint density at radius 3 is 2.80 bits per heavy atom. The van der Waals surface area contributed by atoms with E-state index in [1.165, 1.54) is 5.56 Å². The molecular formula is C17H22N2O. The van der Waals surface area contributed by atoms with Crippen LogP contribution in [0.3, 0.4) is 0 Å². The molecule has 0 saturated heterocycles. The van der Waals surface area contributed by atoms with Gasteiger partial charge in [0.05, 0.1) is 6.61 Å². The fraction of sp³-hybridized carbons (Fsp3) is 0.353. The van der Waals surface area contributed by atoms with E-state index in [1.54, 1.807) is 6.20 Å². The van der Waals surface area contributed by atoms with Gasteiger partial charge in [-0.3, -0.25) is 4.98 Å². The Hall–Kier alpha value is -1.87. The Balaban J connectivity index is 1.99. The Labute approximate surface area is 120 Å². The van der Waals surface area contributed by atoms with Crippen molar-refractivity contribution in [2.75, 3.05) is 6.61 Å². The summed E-state index contributed by atoms with van der Waals surface area (Å²) >= 11 is 0. The van der Waals surface area contributed by atoms with Gasteiger partial charge < -0.3 is 10.5 Å². The minimum absolute atomic E-state index is 0.0109. The standard InChI is InChI=1S/C17H22N2O/c1-2-12-20-17-8-4-3-7-15(17)16(18)10-9-14-6-5-11-19-13-14/h3-8,11,13,16H,2,9-10,12,18H2,1H3. The van der Waals surface area contributed by atoms with Crippen LogP contribution in [0.5, 0.6) is 5.75 Å². The molecule has 3 nitrogen and oxygen atoms in total. The predicted molar refractivity (Wildman–Crippen MR) is 81.7 cm³/mol. The molecule has 1 aromatic carbocycles. The molecule has 3 heteroatoms. The van der Waals surface area contributed by atoms with Crippen LogP contribution >= 0.6 is 0 Å². The van der Waals surface area contributed by atoms with E-state index in [2.05, 4.69) is 24.0 Å². The van der Waals surface area contributed by atoms with E-state index in [1.807, 2.05) is 30.5 Å². The van der Waals surface area contributed by atoms with Crippen molar-refractivity contribution in [2.24, 2.45) is 5.73 Å². The topological polar surface area (TPSA) is 48.1 Å². The highest BCUT2D eigenvalue weighted by atomic mass is 16.5. The molecule has 0 radical (unpaired) electrons. The Morgan fingerprint density at radius 2 is 2.05 bits per heavy atom. The van der Waals surface area contributed by atoms with Crippen molar-refractivity contribution in [3.63, 3.8) is 0 Å². The number of benzene rings is 1. The molecule has 2 rings (SSSR count). The molecule has 0 aliphatic heterocycles. The Kier molecular flexibility index (Phi) is 5.56. The van der Waals surface area contributed by atoms with Gasteiger partial charge in [0.25, 0.3) is 0 Å². The second-order valence-corrected chi connectivity index (χ2v) is 4.89. The van der Waals surface area contributed by atoms with Gasteiger partial charge in [-0.1, -0.05) is 31.2 Å². The van der Waals surface area contributed by atoms with E-state index in [9.17, 15) is 0 Å². The number of aryl methyl sites for hydroxylation is 1. The SMILES string of the molecule is CCCOc1ccccc1C(N)CCc1cccnc1. The first-order chi connectivity index (χ1) is 9.81. The maximum atomic E-state index is 6.31. The van der Waals surface area contributed by atoms with Crippen LogP contribution in [0, 0.1) is 0 Å². The first-order valence-electron chi connectivity index (χ1n) is 7.17. The van der Waals surface area contributed by atoms with Gasteiger partial charge in [-0.15, -0.1) is 0 Å². The lowest BCUT2D eigenvalue weighted by molar-refractivity contribution is 0.311. The quantitative estimate of drug-likeness (QED) is 0.837. The highest BCUT2D eigenvalue weighted by molar-refractivity contribution is 5.35. The van der Waals surface area contributed by atoms with Gasteiger partial charge in [0.1, 0.15) is 5.75 Å². The lowest BCUT2D eigenvalue weighted by Crippen LogP contribution is -2.13. The summed E-state index contributed by atoms with van der Waals surface area (Å²) in [6.45, 7) is 2.83. The van der Waals surface area contributed by atoms with Crippen LogP contribution in [0.15, 0.2) is 48.8 Å². The maximum absolute atomic E-state index is 6.31. The third-order valence-electron chi connectivity index (χ3n) is 3.25. The summed E-state index contributed by atoms with van der Waals surface area (Å²) in [4.78, 5) is 4.13. The third-order valence-corrected chi connectivity index (χ3v) is 3.25. The molecule has 0 amide bonds. The minimum Gasteiger partial charge on any atom is -0.493 e. The van der Waals surface area contributed by atoms with Gasteiger partial charge in [-0.25, -0.2) is 0 Å². The lowest BCUT2D eigenvalue weighted by atomic mass is 9.99. The highest BCUT2D eigenvalue weighted by Crippen LogP contribution is 2.26. The summed E-state index contributed by atoms with van der Waals surface area (Å²) in [7, 11) is 0. The Morgan fingerprint density at radius 1 is 1.20 bits per heavy atom. The van der Waals surface area contributed by atoms with Gasteiger partial charge in [0.15, 0.2) is 0 Å². The predicted octanol–water partition coefficient (Wildman–Crippen LogP) is 3.50. The van der Waals surface area contributed by atoms with Gasteiger partial charge in [-0.05, 0) is 37.0 Å². The van der Waals surface area contributed by atoms with Crippen LogP contribution in [0.4, 0.5) is 0 Å². The summed E-state index contributed by atoms with van der Waals surface area (Å²) in [6.07, 6.45) is 6.50. The zero-order valence-electron chi connectivity index (χ0n) is 12.0. The van der Waals surface area contributed by atoms with Gasteiger partial charge in [0, 0.05) is 24.0 Å². The first-order valence-corrected chi connectivity index (χ1v) is 7.17. The van der Waals surface area contributed by atoms with E-state index >= 15 is 0 Å². The van der Waals surface area contributed by atoms with Gasteiger partial charge in [-0.2, -0.15) is 0 Å². The monoisotopic (exact) mass is 270 g/mol. The number of hydrogen-bond acceptors (Lipinski definition) is 3. The number of para-hydroxylation sites is 1. The number of aromatic nitrogens is 1. The van der Waals surface area contributed by atoms with E-state index in [0.29, 0.717) is 0 Å². The number of pyridine rings is 1. The zero-order valence-corrected chi connectivity index (χ0v) is 12.0. The van der Waals surface area contributed by atoms with Crippen LogP contribution in [-0.4, -0.2) is 11.6 Å². The van der Waals surface area contributed by atoms with E-state index < -0.39 is 0 Å². The summed E-state index contributed by atoms with van der Waals surface area (Å²) < 4.78 is 5.77. The second-order valence-electron chi connectivity index (χ2n) is 4.89. The highest BCUT2D eigenvalue weighted by Gasteiger charge is 2.11. The van der Waals surface area contributed by atoms with Crippen LogP contribution in [-0.2, 0) is 6.42 Å². The molecule has 106 valence electrons. The molecule has 0 saturated carbocycles. The van der Waals surface area contributed by atoms with E-state index in [4.69, 9.17) is 10.5 Å². The van der Waals surface area contributed by atoms with Crippen molar-refractivity contribution < 1.29 is 4.74 Å². The van der Waals surface area contributed by atoms with Crippen molar-refractivity contribution in [1.29, 1.82) is 0 Å². The molecule has 0 aliphatic carbocycles. The zero-order chi connectivity index (χ0) is 14.2. The average Bonchev–Trinajstić information content (AvgIpc) is 2.52. The molecule has 1 heterocycles. The summed E-state index contributed by atoms with van der Waals surface area (Å²) in [6, 6.07) is 12.1. The normalized spacial score (nSPS) is 12.1. The largest absolute Gasteiger partial charge is 0.493 e. The molecule has 20 heavy (non-hydrogen) atoms. The molecule has 1 atom stereocenters. The molecule has 1 aromatic heterocycles. The molecule has 0 aliphatic rings. The summed E-state index contributed by atoms with van der Waals surface area (Å²) in [5, 5.41) is 0. The molecule has 1 unspecified atom stereocenters. The third kappa shape index (κ3) is 4.07. The van der Waals surface area contributed by atoms with Crippen LogP contribution in [0.25, 0.3) is 0 Å². The van der Waals surface area contributed by atoms with Crippen molar-refractivity contribution in [3.05, 3.63) is 59.9 Å². The van der Waals surface area contributed by atoms with Crippen LogP contribution in [0.2, 0.25) is 0 Å². The number of rotatable bonds is 7. The van der Waals surface area contributed by atoms with Gasteiger partial charge in [0.2, 0.25) is 0 Å².